The molecule has 1 heterocycles. The Morgan fingerprint density at radius 1 is 1.09 bits per heavy atom. The summed E-state index contributed by atoms with van der Waals surface area (Å²) < 4.78 is 14.4. The van der Waals surface area contributed by atoms with Crippen LogP contribution in [0.25, 0.3) is 15.8 Å². The third kappa shape index (κ3) is 6.58. The fourth-order valence-electron chi connectivity index (χ4n) is 4.02. The molecule has 1 saturated carbocycles. The van der Waals surface area contributed by atoms with Crippen LogP contribution in [-0.2, 0) is 4.79 Å². The highest BCUT2D eigenvalue weighted by Gasteiger charge is 2.19. The lowest BCUT2D eigenvalue weighted by Crippen LogP contribution is -2.36. The number of thiazole rings is 1. The number of fused-ring (bicyclic) bond motifs is 1. The second-order valence-electron chi connectivity index (χ2n) is 8.33. The van der Waals surface area contributed by atoms with Crippen LogP contribution in [0, 0.1) is 17.1 Å². The van der Waals surface area contributed by atoms with Crippen LogP contribution < -0.4 is 10.6 Å². The number of amides is 1. The maximum atomic E-state index is 13.4. The first-order valence-corrected chi connectivity index (χ1v) is 13.4. The smallest absolute Gasteiger partial charge is 0.230 e. The fraction of sp³-hybridized carbons (Fsp3) is 0.346. The van der Waals surface area contributed by atoms with Crippen LogP contribution in [0.5, 0.6) is 0 Å². The van der Waals surface area contributed by atoms with Crippen LogP contribution in [-0.4, -0.2) is 22.7 Å². The summed E-state index contributed by atoms with van der Waals surface area (Å²) in [4.78, 5) is 17.4. The van der Waals surface area contributed by atoms with Gasteiger partial charge >= 0.3 is 0 Å². The van der Waals surface area contributed by atoms with Crippen molar-refractivity contribution in [2.24, 2.45) is 0 Å². The molecule has 5 nitrogen and oxygen atoms in total. The van der Waals surface area contributed by atoms with Crippen LogP contribution in [0.3, 0.4) is 0 Å². The Morgan fingerprint density at radius 2 is 1.79 bits per heavy atom. The van der Waals surface area contributed by atoms with Gasteiger partial charge in [0.25, 0.3) is 0 Å². The van der Waals surface area contributed by atoms with Gasteiger partial charge in [-0.05, 0) is 49.2 Å². The number of hydrogen-bond donors (Lipinski definition) is 2. The van der Waals surface area contributed by atoms with Gasteiger partial charge in [0.05, 0.1) is 21.0 Å². The van der Waals surface area contributed by atoms with E-state index in [-0.39, 0.29) is 23.5 Å². The molecule has 1 amide bonds. The van der Waals surface area contributed by atoms with Crippen molar-refractivity contribution in [3.8, 4) is 6.07 Å². The molecule has 2 N–H and O–H groups in total. The monoisotopic (exact) mass is 494 g/mol. The predicted octanol–water partition coefficient (Wildman–Crippen LogP) is 6.70. The first-order chi connectivity index (χ1) is 16.6. The summed E-state index contributed by atoms with van der Waals surface area (Å²) >= 11 is 2.70. The zero-order valence-corrected chi connectivity index (χ0v) is 20.5. The number of halogens is 1. The number of carbonyl (C=O) groups is 1. The zero-order valence-electron chi connectivity index (χ0n) is 18.9. The summed E-state index contributed by atoms with van der Waals surface area (Å²) in [6, 6.07) is 16.1. The standard InChI is InChI=1S/C26H27FN4OS2/c27-18-12-14-20(15-13-18)30-25(21(16-28)26-31-22-10-6-7-11-23(22)34-26)33-17-24(32)29-19-8-4-2-1-3-5-9-19/h6-7,10-15,19,30H,1-5,8-9,17H2,(H,29,32). The number of para-hydroxylation sites is 1. The Kier molecular flexibility index (Phi) is 8.56. The Balaban J connectivity index is 1.54. The van der Waals surface area contributed by atoms with E-state index in [4.69, 9.17) is 0 Å². The van der Waals surface area contributed by atoms with Crippen molar-refractivity contribution in [3.63, 3.8) is 0 Å². The Morgan fingerprint density at radius 3 is 2.50 bits per heavy atom. The number of benzene rings is 2. The molecule has 1 aromatic heterocycles. The lowest BCUT2D eigenvalue weighted by atomic mass is 9.97. The Hall–Kier alpha value is -2.89. The quantitative estimate of drug-likeness (QED) is 0.357. The van der Waals surface area contributed by atoms with Crippen molar-refractivity contribution in [2.75, 3.05) is 11.1 Å². The molecule has 0 atom stereocenters. The molecule has 0 spiro atoms. The van der Waals surface area contributed by atoms with Crippen molar-refractivity contribution in [1.29, 1.82) is 5.26 Å². The van der Waals surface area contributed by atoms with Gasteiger partial charge in [0, 0.05) is 11.7 Å². The molecule has 0 unspecified atom stereocenters. The minimum absolute atomic E-state index is 0.0458. The van der Waals surface area contributed by atoms with Crippen molar-refractivity contribution in [3.05, 3.63) is 64.4 Å². The molecule has 3 aromatic rings. The van der Waals surface area contributed by atoms with Crippen molar-refractivity contribution in [2.45, 2.75) is 51.0 Å². The van der Waals surface area contributed by atoms with E-state index < -0.39 is 0 Å². The molecular formula is C26H27FN4OS2. The van der Waals surface area contributed by atoms with Gasteiger partial charge in [-0.25, -0.2) is 9.37 Å². The predicted molar refractivity (Wildman–Crippen MR) is 139 cm³/mol. The number of nitrogens with one attached hydrogen (secondary N) is 2. The van der Waals surface area contributed by atoms with E-state index in [9.17, 15) is 14.4 Å². The average molecular weight is 495 g/mol. The van der Waals surface area contributed by atoms with E-state index in [1.807, 2.05) is 24.3 Å². The van der Waals surface area contributed by atoms with Crippen molar-refractivity contribution >= 4 is 50.5 Å². The van der Waals surface area contributed by atoms with Gasteiger partial charge in [-0.3, -0.25) is 4.79 Å². The summed E-state index contributed by atoms with van der Waals surface area (Å²) in [7, 11) is 0. The minimum atomic E-state index is -0.339. The summed E-state index contributed by atoms with van der Waals surface area (Å²) in [6.45, 7) is 0. The second-order valence-corrected chi connectivity index (χ2v) is 10.3. The molecule has 0 aliphatic heterocycles. The maximum Gasteiger partial charge on any atom is 0.230 e. The number of allylic oxidation sites excluding steroid dienone is 1. The third-order valence-electron chi connectivity index (χ3n) is 5.77. The van der Waals surface area contributed by atoms with E-state index in [1.165, 1.54) is 54.5 Å². The average Bonchev–Trinajstić information content (AvgIpc) is 3.24. The number of thioether (sulfide) groups is 1. The molecule has 34 heavy (non-hydrogen) atoms. The minimum Gasteiger partial charge on any atom is -0.353 e. The highest BCUT2D eigenvalue weighted by molar-refractivity contribution is 8.04. The second kappa shape index (κ2) is 12.0. The largest absolute Gasteiger partial charge is 0.353 e. The highest BCUT2D eigenvalue weighted by Crippen LogP contribution is 2.33. The molecule has 1 aliphatic carbocycles. The molecule has 1 fully saturated rings. The number of nitrogens with zero attached hydrogens (tertiary/aromatic N) is 2. The SMILES string of the molecule is N#CC(=C(Nc1ccc(F)cc1)SCC(=O)NC1CCCCCCC1)c1nc2ccccc2s1. The number of nitriles is 1. The van der Waals surface area contributed by atoms with E-state index in [0.29, 0.717) is 21.3 Å². The van der Waals surface area contributed by atoms with Gasteiger partial charge in [-0.1, -0.05) is 56.0 Å². The van der Waals surface area contributed by atoms with Gasteiger partial charge in [0.15, 0.2) is 0 Å². The molecule has 0 bridgehead atoms. The van der Waals surface area contributed by atoms with Gasteiger partial charge in [-0.2, -0.15) is 5.26 Å². The van der Waals surface area contributed by atoms with Gasteiger partial charge in [0.2, 0.25) is 5.91 Å². The van der Waals surface area contributed by atoms with Crippen LogP contribution in [0.1, 0.15) is 50.0 Å². The zero-order chi connectivity index (χ0) is 23.8. The molecular weight excluding hydrogens is 467 g/mol. The first-order valence-electron chi connectivity index (χ1n) is 11.6. The highest BCUT2D eigenvalue weighted by atomic mass is 32.2. The normalized spacial score (nSPS) is 15.6. The lowest BCUT2D eigenvalue weighted by molar-refractivity contribution is -0.119. The number of aromatic nitrogens is 1. The van der Waals surface area contributed by atoms with E-state index >= 15 is 0 Å². The number of anilines is 1. The number of hydrogen-bond acceptors (Lipinski definition) is 6. The fourth-order valence-corrected chi connectivity index (χ4v) is 5.88. The number of rotatable bonds is 7. The van der Waals surface area contributed by atoms with Gasteiger partial charge < -0.3 is 10.6 Å². The summed E-state index contributed by atoms with van der Waals surface area (Å²) in [5.74, 6) is -0.208. The molecule has 0 radical (unpaired) electrons. The van der Waals surface area contributed by atoms with Crippen LogP contribution >= 0.6 is 23.1 Å². The molecule has 176 valence electrons. The Labute approximate surface area is 207 Å². The van der Waals surface area contributed by atoms with Gasteiger partial charge in [0.1, 0.15) is 22.5 Å². The first kappa shape index (κ1) is 24.2. The van der Waals surface area contributed by atoms with Crippen LogP contribution in [0.4, 0.5) is 10.1 Å². The molecule has 1 aliphatic rings. The van der Waals surface area contributed by atoms with Crippen LogP contribution in [0.15, 0.2) is 53.6 Å². The lowest BCUT2D eigenvalue weighted by Gasteiger charge is -2.21. The maximum absolute atomic E-state index is 13.4. The summed E-state index contributed by atoms with van der Waals surface area (Å²) in [5.41, 5.74) is 1.83. The summed E-state index contributed by atoms with van der Waals surface area (Å²) in [6.07, 6.45) is 8.05. The third-order valence-corrected chi connectivity index (χ3v) is 7.82. The van der Waals surface area contributed by atoms with E-state index in [1.54, 1.807) is 12.1 Å². The van der Waals surface area contributed by atoms with Crippen LogP contribution in [0.2, 0.25) is 0 Å². The topological polar surface area (TPSA) is 77.8 Å². The van der Waals surface area contributed by atoms with Crippen molar-refractivity contribution in [1.82, 2.24) is 10.3 Å². The summed E-state index contributed by atoms with van der Waals surface area (Å²) in [5, 5.41) is 17.5. The van der Waals surface area contributed by atoms with E-state index in [0.717, 1.165) is 35.9 Å². The van der Waals surface area contributed by atoms with Gasteiger partial charge in [-0.15, -0.1) is 11.3 Å². The Bertz CT molecular complexity index is 1160. The van der Waals surface area contributed by atoms with E-state index in [2.05, 4.69) is 21.7 Å². The molecule has 8 heteroatoms. The molecule has 4 rings (SSSR count). The number of carbonyl (C=O) groups excluding carboxylic acids is 1. The van der Waals surface area contributed by atoms with Crippen molar-refractivity contribution < 1.29 is 9.18 Å². The molecule has 2 aromatic carbocycles. The molecule has 0 saturated heterocycles.